The maximum Gasteiger partial charge on any atom is 0.103 e. The lowest BCUT2D eigenvalue weighted by molar-refractivity contribution is 0.448. The van der Waals surface area contributed by atoms with Crippen LogP contribution in [0.25, 0.3) is 5.70 Å². The van der Waals surface area contributed by atoms with E-state index in [1.165, 1.54) is 54.8 Å². The number of nitrogens with one attached hydrogen (secondary N) is 2. The van der Waals surface area contributed by atoms with Gasteiger partial charge in [0.2, 0.25) is 0 Å². The van der Waals surface area contributed by atoms with Crippen molar-refractivity contribution in [1.29, 1.82) is 0 Å². The van der Waals surface area contributed by atoms with Gasteiger partial charge < -0.3 is 10.3 Å². The number of aromatic nitrogens is 4. The van der Waals surface area contributed by atoms with E-state index in [4.69, 9.17) is 0 Å². The average Bonchev–Trinajstić information content (AvgIpc) is 3.22. The van der Waals surface area contributed by atoms with Crippen LogP contribution >= 0.6 is 0 Å². The molecule has 0 spiro atoms. The highest BCUT2D eigenvalue weighted by molar-refractivity contribution is 5.68. The molecule has 5 nitrogen and oxygen atoms in total. The number of imidazole rings is 1. The van der Waals surface area contributed by atoms with E-state index < -0.39 is 0 Å². The molecule has 136 valence electrons. The summed E-state index contributed by atoms with van der Waals surface area (Å²) in [4.78, 5) is 7.85. The lowest BCUT2D eigenvalue weighted by Crippen LogP contribution is -2.22. The Morgan fingerprint density at radius 2 is 2.16 bits per heavy atom. The molecule has 2 N–H and O–H groups in total. The third-order valence-corrected chi connectivity index (χ3v) is 5.23. The van der Waals surface area contributed by atoms with E-state index in [-0.39, 0.29) is 6.04 Å². The minimum Gasteiger partial charge on any atom is -0.375 e. The van der Waals surface area contributed by atoms with Gasteiger partial charge in [0.25, 0.3) is 0 Å². The minimum absolute atomic E-state index is 0.267. The van der Waals surface area contributed by atoms with Crippen LogP contribution in [-0.2, 0) is 7.05 Å². The Kier molecular flexibility index (Phi) is 5.61. The molecule has 3 rings (SSSR count). The molecule has 0 saturated heterocycles. The molecule has 1 aliphatic carbocycles. The lowest BCUT2D eigenvalue weighted by Gasteiger charge is -2.22. The second-order valence-electron chi connectivity index (χ2n) is 7.38. The van der Waals surface area contributed by atoms with Crippen LogP contribution in [0.3, 0.4) is 0 Å². The molecule has 0 bridgehead atoms. The van der Waals surface area contributed by atoms with Crippen LogP contribution in [0, 0.1) is 12.8 Å². The Bertz CT molecular complexity index is 718. The lowest BCUT2D eigenvalue weighted by atomic mass is 9.98. The Morgan fingerprint density at radius 1 is 1.36 bits per heavy atom. The van der Waals surface area contributed by atoms with E-state index in [2.05, 4.69) is 40.3 Å². The zero-order valence-electron chi connectivity index (χ0n) is 16.0. The van der Waals surface area contributed by atoms with Crippen LogP contribution in [-0.4, -0.2) is 19.7 Å². The van der Waals surface area contributed by atoms with Gasteiger partial charge in [0.15, 0.2) is 0 Å². The minimum atomic E-state index is 0.267. The molecule has 0 aliphatic heterocycles. The Labute approximate surface area is 150 Å². The van der Waals surface area contributed by atoms with E-state index in [0.29, 0.717) is 0 Å². The van der Waals surface area contributed by atoms with E-state index in [1.54, 1.807) is 0 Å². The predicted octanol–water partition coefficient (Wildman–Crippen LogP) is 4.50. The second kappa shape index (κ2) is 7.89. The second-order valence-corrected chi connectivity index (χ2v) is 7.38. The van der Waals surface area contributed by atoms with Gasteiger partial charge in [-0.2, -0.15) is 5.10 Å². The first-order valence-corrected chi connectivity index (χ1v) is 9.57. The van der Waals surface area contributed by atoms with Crippen LogP contribution < -0.4 is 5.32 Å². The zero-order chi connectivity index (χ0) is 17.8. The average molecular weight is 342 g/mol. The largest absolute Gasteiger partial charge is 0.375 e. The van der Waals surface area contributed by atoms with Crippen LogP contribution in [0.5, 0.6) is 0 Å². The van der Waals surface area contributed by atoms with Gasteiger partial charge in [-0.3, -0.25) is 4.68 Å². The van der Waals surface area contributed by atoms with Crippen molar-refractivity contribution in [2.45, 2.75) is 65.3 Å². The summed E-state index contributed by atoms with van der Waals surface area (Å²) >= 11 is 0. The summed E-state index contributed by atoms with van der Waals surface area (Å²) < 4.78 is 1.96. The van der Waals surface area contributed by atoms with Crippen molar-refractivity contribution >= 4 is 5.70 Å². The monoisotopic (exact) mass is 341 g/mol. The summed E-state index contributed by atoms with van der Waals surface area (Å²) in [5.74, 6) is 1.77. The highest BCUT2D eigenvalue weighted by Gasteiger charge is 2.24. The van der Waals surface area contributed by atoms with Crippen molar-refractivity contribution in [1.82, 2.24) is 25.1 Å². The van der Waals surface area contributed by atoms with Gasteiger partial charge >= 0.3 is 0 Å². The van der Waals surface area contributed by atoms with E-state index >= 15 is 0 Å². The molecule has 2 heterocycles. The summed E-state index contributed by atoms with van der Waals surface area (Å²) in [7, 11) is 2.01. The Balaban J connectivity index is 1.77. The first-order chi connectivity index (χ1) is 12.1. The molecule has 0 aromatic carbocycles. The van der Waals surface area contributed by atoms with Crippen molar-refractivity contribution in [3.05, 3.63) is 41.2 Å². The summed E-state index contributed by atoms with van der Waals surface area (Å²) in [6.07, 6.45) is 11.1. The van der Waals surface area contributed by atoms with Crippen molar-refractivity contribution in [3.8, 4) is 0 Å². The van der Waals surface area contributed by atoms with Crippen molar-refractivity contribution < 1.29 is 0 Å². The predicted molar refractivity (Wildman–Crippen MR) is 102 cm³/mol. The number of allylic oxidation sites excluding steroid dienone is 1. The van der Waals surface area contributed by atoms with Gasteiger partial charge in [-0.25, -0.2) is 4.98 Å². The van der Waals surface area contributed by atoms with Gasteiger partial charge in [-0.05, 0) is 43.7 Å². The zero-order valence-corrected chi connectivity index (χ0v) is 16.0. The molecule has 1 fully saturated rings. The number of hydrogen-bond donors (Lipinski definition) is 2. The number of aromatic amines is 1. The first-order valence-electron chi connectivity index (χ1n) is 9.57. The van der Waals surface area contributed by atoms with Crippen molar-refractivity contribution in [2.75, 3.05) is 0 Å². The molecule has 1 aliphatic rings. The third kappa shape index (κ3) is 4.53. The van der Waals surface area contributed by atoms with Gasteiger partial charge in [0, 0.05) is 13.2 Å². The summed E-state index contributed by atoms with van der Waals surface area (Å²) in [5, 5.41) is 8.18. The summed E-state index contributed by atoms with van der Waals surface area (Å²) in [5.41, 5.74) is 5.13. The number of rotatable bonds is 9. The molecular weight excluding hydrogens is 310 g/mol. The highest BCUT2D eigenvalue weighted by atomic mass is 15.3. The molecule has 2 unspecified atom stereocenters. The fraction of sp³-hybridized carbons (Fsp3) is 0.600. The van der Waals surface area contributed by atoms with E-state index in [1.807, 2.05) is 31.0 Å². The van der Waals surface area contributed by atoms with E-state index in [0.717, 1.165) is 18.2 Å². The molecule has 1 saturated carbocycles. The Hall–Kier alpha value is -2.04. The van der Waals surface area contributed by atoms with Crippen LogP contribution in [0.15, 0.2) is 24.0 Å². The molecule has 25 heavy (non-hydrogen) atoms. The maximum absolute atomic E-state index is 4.42. The fourth-order valence-electron chi connectivity index (χ4n) is 3.26. The van der Waals surface area contributed by atoms with Crippen LogP contribution in [0.1, 0.15) is 75.6 Å². The highest BCUT2D eigenvalue weighted by Crippen LogP contribution is 2.36. The molecule has 0 amide bonds. The SMILES string of the molecule is CCC(C)CCCC(NC(=C1CC1)c1ccnn1C)c1cnc(C)[nH]1. The van der Waals surface area contributed by atoms with Gasteiger partial charge in [-0.1, -0.05) is 33.1 Å². The molecule has 2 aromatic rings. The topological polar surface area (TPSA) is 58.5 Å². The number of aryl methyl sites for hydroxylation is 2. The smallest absolute Gasteiger partial charge is 0.103 e. The number of H-pyrrole nitrogens is 1. The maximum atomic E-state index is 4.42. The van der Waals surface area contributed by atoms with Crippen molar-refractivity contribution in [3.63, 3.8) is 0 Å². The standard InChI is InChI=1S/C20H31N5/c1-5-14(2)7-6-8-17(18-13-21-15(3)23-18)24-20(16-9-10-16)19-11-12-22-25(19)4/h11-14,17,24H,5-10H2,1-4H3,(H,21,23). The van der Waals surface area contributed by atoms with Gasteiger partial charge in [0.1, 0.15) is 5.82 Å². The Morgan fingerprint density at radius 3 is 2.72 bits per heavy atom. The fourth-order valence-corrected chi connectivity index (χ4v) is 3.26. The van der Waals surface area contributed by atoms with Crippen molar-refractivity contribution in [2.24, 2.45) is 13.0 Å². The summed E-state index contributed by atoms with van der Waals surface area (Å²) in [6, 6.07) is 2.37. The first kappa shape index (κ1) is 17.8. The molecule has 2 atom stereocenters. The molecule has 2 aromatic heterocycles. The van der Waals surface area contributed by atoms with Gasteiger partial charge in [0.05, 0.1) is 29.3 Å². The number of nitrogens with zero attached hydrogens (tertiary/aromatic N) is 3. The summed E-state index contributed by atoms with van der Waals surface area (Å²) in [6.45, 7) is 6.63. The normalized spacial score (nSPS) is 15.9. The third-order valence-electron chi connectivity index (χ3n) is 5.23. The molecule has 5 heteroatoms. The van der Waals surface area contributed by atoms with Crippen LogP contribution in [0.2, 0.25) is 0 Å². The molecule has 0 radical (unpaired) electrons. The molecular formula is C20H31N5. The number of hydrogen-bond acceptors (Lipinski definition) is 3. The van der Waals surface area contributed by atoms with E-state index in [9.17, 15) is 0 Å². The van der Waals surface area contributed by atoms with Gasteiger partial charge in [-0.15, -0.1) is 0 Å². The quantitative estimate of drug-likeness (QED) is 0.706. The van der Waals surface area contributed by atoms with Crippen LogP contribution in [0.4, 0.5) is 0 Å².